The van der Waals surface area contributed by atoms with Gasteiger partial charge in [0.15, 0.2) is 0 Å². The number of hydrogen-bond donors (Lipinski definition) is 1. The topological polar surface area (TPSA) is 38.5 Å². The van der Waals surface area contributed by atoms with Crippen molar-refractivity contribution in [2.75, 3.05) is 32.0 Å². The minimum absolute atomic E-state index is 0.755. The van der Waals surface area contributed by atoms with Crippen LogP contribution in [0.2, 0.25) is 0 Å². The van der Waals surface area contributed by atoms with Crippen molar-refractivity contribution in [3.8, 4) is 5.75 Å². The Bertz CT molecular complexity index is 363. The molecule has 0 bridgehead atoms. The van der Waals surface area contributed by atoms with Crippen LogP contribution in [0.1, 0.15) is 20.3 Å². The van der Waals surface area contributed by atoms with Crippen LogP contribution in [-0.2, 0) is 0 Å². The van der Waals surface area contributed by atoms with Crippen LogP contribution >= 0.6 is 0 Å². The molecule has 2 N–H and O–H groups in total. The zero-order chi connectivity index (χ0) is 13.0. The van der Waals surface area contributed by atoms with Crippen molar-refractivity contribution in [2.24, 2.45) is 11.8 Å². The van der Waals surface area contributed by atoms with E-state index in [9.17, 15) is 0 Å². The summed E-state index contributed by atoms with van der Waals surface area (Å²) >= 11 is 0. The Kier molecular flexibility index (Phi) is 4.48. The second kappa shape index (κ2) is 6.10. The number of ether oxygens (including phenoxy) is 1. The molecule has 0 aliphatic carbocycles. The van der Waals surface area contributed by atoms with Crippen molar-refractivity contribution in [2.45, 2.75) is 20.3 Å². The van der Waals surface area contributed by atoms with Crippen molar-refractivity contribution in [3.05, 3.63) is 24.3 Å². The van der Waals surface area contributed by atoms with Gasteiger partial charge in [0.05, 0.1) is 0 Å². The van der Waals surface area contributed by atoms with Gasteiger partial charge in [-0.05, 0) is 49.1 Å². The van der Waals surface area contributed by atoms with Gasteiger partial charge < -0.3 is 10.5 Å². The molecule has 3 heteroatoms. The average molecular weight is 248 g/mol. The summed E-state index contributed by atoms with van der Waals surface area (Å²) in [6.07, 6.45) is 1.31. The van der Waals surface area contributed by atoms with E-state index >= 15 is 0 Å². The Morgan fingerprint density at radius 2 is 1.94 bits per heavy atom. The van der Waals surface area contributed by atoms with Crippen LogP contribution in [0.15, 0.2) is 24.3 Å². The molecule has 1 aromatic rings. The smallest absolute Gasteiger partial charge is 0.119 e. The third kappa shape index (κ3) is 3.64. The second-order valence-corrected chi connectivity index (χ2v) is 5.46. The summed E-state index contributed by atoms with van der Waals surface area (Å²) in [5.41, 5.74) is 6.42. The number of anilines is 1. The van der Waals surface area contributed by atoms with Crippen molar-refractivity contribution in [3.63, 3.8) is 0 Å². The zero-order valence-corrected chi connectivity index (χ0v) is 11.4. The number of nitrogens with two attached hydrogens (primary N) is 1. The summed E-state index contributed by atoms with van der Waals surface area (Å²) < 4.78 is 5.73. The van der Waals surface area contributed by atoms with E-state index in [2.05, 4.69) is 18.7 Å². The fourth-order valence-electron chi connectivity index (χ4n) is 2.41. The van der Waals surface area contributed by atoms with E-state index in [0.29, 0.717) is 0 Å². The number of likely N-dealkylation sites (tertiary alicyclic amines) is 1. The number of nitrogens with zero attached hydrogens (tertiary/aromatic N) is 1. The number of benzene rings is 1. The molecule has 0 radical (unpaired) electrons. The fraction of sp³-hybridized carbons (Fsp3) is 0.600. The maximum atomic E-state index is 5.73. The lowest BCUT2D eigenvalue weighted by Crippen LogP contribution is -2.40. The summed E-state index contributed by atoms with van der Waals surface area (Å²) in [5.74, 6) is 2.57. The van der Waals surface area contributed by atoms with Crippen LogP contribution in [0.4, 0.5) is 5.69 Å². The maximum Gasteiger partial charge on any atom is 0.119 e. The van der Waals surface area contributed by atoms with Crippen molar-refractivity contribution in [1.29, 1.82) is 0 Å². The standard InChI is InChI=1S/C15H24N2O/c1-12-7-8-17(11-13(12)2)9-10-18-15-5-3-14(16)4-6-15/h3-6,12-13H,7-11,16H2,1-2H3. The predicted molar refractivity (Wildman–Crippen MR) is 75.7 cm³/mol. The van der Waals surface area contributed by atoms with Gasteiger partial charge in [0.2, 0.25) is 0 Å². The first-order valence-electron chi connectivity index (χ1n) is 6.86. The SMILES string of the molecule is CC1CCN(CCOc2ccc(N)cc2)CC1C. The highest BCUT2D eigenvalue weighted by Crippen LogP contribution is 2.22. The summed E-state index contributed by atoms with van der Waals surface area (Å²) in [5, 5.41) is 0. The van der Waals surface area contributed by atoms with Gasteiger partial charge in [-0.2, -0.15) is 0 Å². The van der Waals surface area contributed by atoms with Gasteiger partial charge in [-0.25, -0.2) is 0 Å². The Balaban J connectivity index is 1.71. The van der Waals surface area contributed by atoms with Crippen molar-refractivity contribution < 1.29 is 4.74 Å². The molecular formula is C15H24N2O. The molecule has 2 rings (SSSR count). The Morgan fingerprint density at radius 1 is 1.22 bits per heavy atom. The first-order chi connectivity index (χ1) is 8.65. The minimum Gasteiger partial charge on any atom is -0.492 e. The molecule has 0 saturated carbocycles. The van der Waals surface area contributed by atoms with E-state index in [0.717, 1.165) is 36.4 Å². The number of hydrogen-bond acceptors (Lipinski definition) is 3. The average Bonchev–Trinajstić information content (AvgIpc) is 2.36. The molecule has 0 aromatic heterocycles. The molecule has 0 amide bonds. The van der Waals surface area contributed by atoms with E-state index in [1.54, 1.807) is 0 Å². The highest BCUT2D eigenvalue weighted by Gasteiger charge is 2.22. The fourth-order valence-corrected chi connectivity index (χ4v) is 2.41. The highest BCUT2D eigenvalue weighted by atomic mass is 16.5. The summed E-state index contributed by atoms with van der Waals surface area (Å²) in [6, 6.07) is 7.60. The lowest BCUT2D eigenvalue weighted by molar-refractivity contribution is 0.119. The van der Waals surface area contributed by atoms with Gasteiger partial charge in [-0.15, -0.1) is 0 Å². The molecule has 1 fully saturated rings. The van der Waals surface area contributed by atoms with Crippen molar-refractivity contribution in [1.82, 2.24) is 4.90 Å². The lowest BCUT2D eigenvalue weighted by atomic mass is 9.89. The van der Waals surface area contributed by atoms with Crippen LogP contribution in [0, 0.1) is 11.8 Å². The van der Waals surface area contributed by atoms with Gasteiger partial charge in [-0.3, -0.25) is 4.90 Å². The first kappa shape index (κ1) is 13.2. The van der Waals surface area contributed by atoms with Gasteiger partial charge in [-0.1, -0.05) is 13.8 Å². The number of piperidine rings is 1. The molecule has 1 aliphatic heterocycles. The van der Waals surface area contributed by atoms with E-state index < -0.39 is 0 Å². The van der Waals surface area contributed by atoms with E-state index in [1.165, 1.54) is 19.5 Å². The number of nitrogen functional groups attached to an aromatic ring is 1. The molecule has 100 valence electrons. The molecule has 1 heterocycles. The molecule has 18 heavy (non-hydrogen) atoms. The quantitative estimate of drug-likeness (QED) is 0.832. The largest absolute Gasteiger partial charge is 0.492 e. The Labute approximate surface area is 110 Å². The van der Waals surface area contributed by atoms with Gasteiger partial charge >= 0.3 is 0 Å². The summed E-state index contributed by atoms with van der Waals surface area (Å²) in [6.45, 7) is 8.87. The predicted octanol–water partition coefficient (Wildman–Crippen LogP) is 2.63. The van der Waals surface area contributed by atoms with Crippen LogP contribution in [0.5, 0.6) is 5.75 Å². The molecule has 0 spiro atoms. The normalized spacial score (nSPS) is 25.0. The molecule has 1 saturated heterocycles. The summed E-state index contributed by atoms with van der Waals surface area (Å²) in [4.78, 5) is 2.50. The van der Waals surface area contributed by atoms with Crippen LogP contribution < -0.4 is 10.5 Å². The van der Waals surface area contributed by atoms with Crippen LogP contribution in [0.3, 0.4) is 0 Å². The lowest BCUT2D eigenvalue weighted by Gasteiger charge is -2.35. The van der Waals surface area contributed by atoms with E-state index in [1.807, 2.05) is 24.3 Å². The highest BCUT2D eigenvalue weighted by molar-refractivity contribution is 5.41. The zero-order valence-electron chi connectivity index (χ0n) is 11.4. The van der Waals surface area contributed by atoms with Gasteiger partial charge in [0.1, 0.15) is 12.4 Å². The number of rotatable bonds is 4. The first-order valence-corrected chi connectivity index (χ1v) is 6.86. The van der Waals surface area contributed by atoms with E-state index in [-0.39, 0.29) is 0 Å². The second-order valence-electron chi connectivity index (χ2n) is 5.46. The molecule has 1 aliphatic rings. The molecular weight excluding hydrogens is 224 g/mol. The molecule has 2 unspecified atom stereocenters. The van der Waals surface area contributed by atoms with Gasteiger partial charge in [0, 0.05) is 18.8 Å². The monoisotopic (exact) mass is 248 g/mol. The Morgan fingerprint density at radius 3 is 2.61 bits per heavy atom. The van der Waals surface area contributed by atoms with E-state index in [4.69, 9.17) is 10.5 Å². The molecule has 3 nitrogen and oxygen atoms in total. The molecule has 2 atom stereocenters. The van der Waals surface area contributed by atoms with Crippen LogP contribution in [-0.4, -0.2) is 31.1 Å². The Hall–Kier alpha value is -1.22. The maximum absolute atomic E-state index is 5.73. The van der Waals surface area contributed by atoms with Gasteiger partial charge in [0.25, 0.3) is 0 Å². The van der Waals surface area contributed by atoms with Crippen molar-refractivity contribution >= 4 is 5.69 Å². The molecule has 1 aromatic carbocycles. The third-order valence-corrected chi connectivity index (χ3v) is 3.97. The summed E-state index contributed by atoms with van der Waals surface area (Å²) in [7, 11) is 0. The van der Waals surface area contributed by atoms with Crippen LogP contribution in [0.25, 0.3) is 0 Å². The third-order valence-electron chi connectivity index (χ3n) is 3.97. The minimum atomic E-state index is 0.755.